The summed E-state index contributed by atoms with van der Waals surface area (Å²) in [6, 6.07) is 10.8. The van der Waals surface area contributed by atoms with E-state index in [9.17, 15) is 0 Å². The van der Waals surface area contributed by atoms with Crippen molar-refractivity contribution in [1.29, 1.82) is 0 Å². The Kier molecular flexibility index (Phi) is 3.25. The maximum atomic E-state index is 4.62. The molecule has 2 heteroatoms. The summed E-state index contributed by atoms with van der Waals surface area (Å²) in [4.78, 5) is 7.19. The summed E-state index contributed by atoms with van der Waals surface area (Å²) in [6.45, 7) is 4.60. The van der Waals surface area contributed by atoms with Crippen LogP contribution in [0.2, 0.25) is 0 Å². The van der Waals surface area contributed by atoms with Gasteiger partial charge in [-0.2, -0.15) is 0 Å². The normalized spacial score (nSPS) is 29.0. The largest absolute Gasteiger partial charge is 0.373 e. The van der Waals surface area contributed by atoms with Crippen LogP contribution >= 0.6 is 0 Å². The van der Waals surface area contributed by atoms with Crippen molar-refractivity contribution in [2.75, 3.05) is 13.1 Å². The third-order valence-electron chi connectivity index (χ3n) is 5.37. The molecule has 2 atom stereocenters. The van der Waals surface area contributed by atoms with Crippen molar-refractivity contribution in [3.8, 4) is 0 Å². The first-order valence-corrected chi connectivity index (χ1v) is 8.24. The summed E-state index contributed by atoms with van der Waals surface area (Å²) < 4.78 is 0. The number of hydrogen-bond acceptors (Lipinski definition) is 2. The van der Waals surface area contributed by atoms with Crippen LogP contribution in [0.3, 0.4) is 0 Å². The molecule has 3 aliphatic rings. The van der Waals surface area contributed by atoms with Gasteiger partial charge in [0.15, 0.2) is 0 Å². The lowest BCUT2D eigenvalue weighted by molar-refractivity contribution is 0.184. The number of allylic oxidation sites excluding steroid dienone is 4. The SMILES string of the molecule is CC1CCN(CCc2ccccc2)C2=CC=CC3=NC=CC231. The molecular formula is C20H22N2. The van der Waals surface area contributed by atoms with E-state index in [1.165, 1.54) is 23.4 Å². The zero-order valence-corrected chi connectivity index (χ0v) is 13.1. The average Bonchev–Trinajstić information content (AvgIpc) is 3.00. The highest BCUT2D eigenvalue weighted by molar-refractivity contribution is 6.06. The number of aliphatic imine (C=N–C) groups is 1. The number of benzene rings is 1. The maximum absolute atomic E-state index is 4.62. The van der Waals surface area contributed by atoms with Gasteiger partial charge in [0.25, 0.3) is 0 Å². The molecule has 1 aliphatic carbocycles. The summed E-state index contributed by atoms with van der Waals surface area (Å²) in [7, 11) is 0. The van der Waals surface area contributed by atoms with Crippen molar-refractivity contribution in [3.05, 3.63) is 72.1 Å². The lowest BCUT2D eigenvalue weighted by atomic mass is 9.65. The van der Waals surface area contributed by atoms with E-state index in [1.54, 1.807) is 0 Å². The molecule has 0 saturated carbocycles. The van der Waals surface area contributed by atoms with E-state index >= 15 is 0 Å². The van der Waals surface area contributed by atoms with Gasteiger partial charge < -0.3 is 4.90 Å². The van der Waals surface area contributed by atoms with E-state index in [0.29, 0.717) is 5.92 Å². The molecule has 0 N–H and O–H groups in total. The van der Waals surface area contributed by atoms with Gasteiger partial charge in [-0.25, -0.2) is 0 Å². The van der Waals surface area contributed by atoms with Gasteiger partial charge >= 0.3 is 0 Å². The van der Waals surface area contributed by atoms with Crippen molar-refractivity contribution in [1.82, 2.24) is 4.90 Å². The standard InChI is InChI=1S/C20H22N2/c1-16-10-14-22(15-11-17-6-3-2-4-7-17)19-9-5-8-18-20(16,19)12-13-21-18/h2-9,12-13,16H,10-11,14-15H2,1H3. The van der Waals surface area contributed by atoms with Crippen molar-refractivity contribution < 1.29 is 0 Å². The van der Waals surface area contributed by atoms with Crippen molar-refractivity contribution >= 4 is 5.71 Å². The fourth-order valence-corrected chi connectivity index (χ4v) is 4.07. The Morgan fingerprint density at radius 3 is 3.00 bits per heavy atom. The van der Waals surface area contributed by atoms with Crippen molar-refractivity contribution in [3.63, 3.8) is 0 Å². The zero-order valence-electron chi connectivity index (χ0n) is 13.1. The monoisotopic (exact) mass is 290 g/mol. The van der Waals surface area contributed by atoms with Crippen LogP contribution in [0.4, 0.5) is 0 Å². The van der Waals surface area contributed by atoms with Gasteiger partial charge in [-0.3, -0.25) is 4.99 Å². The Labute approximate surface area is 132 Å². The fraction of sp³-hybridized carbons (Fsp3) is 0.350. The molecule has 2 unspecified atom stereocenters. The lowest BCUT2D eigenvalue weighted by Gasteiger charge is -2.48. The van der Waals surface area contributed by atoms with Gasteiger partial charge in [-0.15, -0.1) is 0 Å². The van der Waals surface area contributed by atoms with Crippen LogP contribution in [0.1, 0.15) is 18.9 Å². The number of piperidine rings is 1. The average molecular weight is 290 g/mol. The summed E-state index contributed by atoms with van der Waals surface area (Å²) in [5.74, 6) is 0.620. The topological polar surface area (TPSA) is 15.6 Å². The second-order valence-electron chi connectivity index (χ2n) is 6.52. The quantitative estimate of drug-likeness (QED) is 0.822. The minimum Gasteiger partial charge on any atom is -0.373 e. The molecule has 1 saturated heterocycles. The van der Waals surface area contributed by atoms with Crippen LogP contribution in [0.5, 0.6) is 0 Å². The lowest BCUT2D eigenvalue weighted by Crippen LogP contribution is -2.49. The number of rotatable bonds is 3. The third-order valence-corrected chi connectivity index (χ3v) is 5.37. The number of hydrogen-bond donors (Lipinski definition) is 0. The molecule has 0 amide bonds. The Morgan fingerprint density at radius 1 is 1.27 bits per heavy atom. The molecule has 1 spiro atoms. The number of likely N-dealkylation sites (tertiary alicyclic amines) is 1. The van der Waals surface area contributed by atoms with Crippen molar-refractivity contribution in [2.24, 2.45) is 16.3 Å². The molecule has 22 heavy (non-hydrogen) atoms. The second-order valence-corrected chi connectivity index (χ2v) is 6.52. The van der Waals surface area contributed by atoms with E-state index in [4.69, 9.17) is 0 Å². The molecule has 0 aromatic heterocycles. The van der Waals surface area contributed by atoms with Crippen LogP contribution in [0.25, 0.3) is 0 Å². The van der Waals surface area contributed by atoms with Gasteiger partial charge in [0.05, 0.1) is 11.1 Å². The molecule has 2 nitrogen and oxygen atoms in total. The van der Waals surface area contributed by atoms with Gasteiger partial charge in [-0.05, 0) is 42.6 Å². The Balaban J connectivity index is 1.60. The molecule has 2 aliphatic heterocycles. The summed E-state index contributed by atoms with van der Waals surface area (Å²) in [5, 5.41) is 0. The van der Waals surface area contributed by atoms with E-state index < -0.39 is 0 Å². The molecule has 1 fully saturated rings. The smallest absolute Gasteiger partial charge is 0.0747 e. The predicted octanol–water partition coefficient (Wildman–Crippen LogP) is 3.98. The number of nitrogens with zero attached hydrogens (tertiary/aromatic N) is 2. The van der Waals surface area contributed by atoms with Crippen LogP contribution in [0.15, 0.2) is 71.5 Å². The molecule has 0 radical (unpaired) electrons. The minimum atomic E-state index is 0.0314. The van der Waals surface area contributed by atoms with Gasteiger partial charge in [0.1, 0.15) is 0 Å². The predicted molar refractivity (Wildman–Crippen MR) is 91.7 cm³/mol. The first kappa shape index (κ1) is 13.6. The molecule has 1 aromatic carbocycles. The Bertz CT molecular complexity index is 681. The molecule has 112 valence electrons. The van der Waals surface area contributed by atoms with Crippen LogP contribution in [-0.4, -0.2) is 23.7 Å². The molecule has 1 aromatic rings. The van der Waals surface area contributed by atoms with Crippen LogP contribution in [-0.2, 0) is 6.42 Å². The molecule has 4 rings (SSSR count). The van der Waals surface area contributed by atoms with E-state index in [1.807, 2.05) is 6.20 Å². The van der Waals surface area contributed by atoms with E-state index in [2.05, 4.69) is 71.5 Å². The summed E-state index contributed by atoms with van der Waals surface area (Å²) in [5.41, 5.74) is 4.11. The molecular weight excluding hydrogens is 268 g/mol. The van der Waals surface area contributed by atoms with E-state index in [0.717, 1.165) is 19.5 Å². The summed E-state index contributed by atoms with van der Waals surface area (Å²) in [6.07, 6.45) is 13.3. The van der Waals surface area contributed by atoms with Crippen molar-refractivity contribution in [2.45, 2.75) is 19.8 Å². The molecule has 0 bridgehead atoms. The molecule has 2 heterocycles. The minimum absolute atomic E-state index is 0.0314. The van der Waals surface area contributed by atoms with Gasteiger partial charge in [0, 0.05) is 25.0 Å². The van der Waals surface area contributed by atoms with Gasteiger partial charge in [0.2, 0.25) is 0 Å². The van der Waals surface area contributed by atoms with E-state index in [-0.39, 0.29) is 5.41 Å². The first-order valence-electron chi connectivity index (χ1n) is 8.24. The van der Waals surface area contributed by atoms with Crippen LogP contribution < -0.4 is 0 Å². The Hall–Kier alpha value is -2.09. The highest BCUT2D eigenvalue weighted by Crippen LogP contribution is 2.49. The first-order chi connectivity index (χ1) is 10.8. The van der Waals surface area contributed by atoms with Gasteiger partial charge in [-0.1, -0.05) is 43.3 Å². The highest BCUT2D eigenvalue weighted by Gasteiger charge is 2.48. The highest BCUT2D eigenvalue weighted by atomic mass is 15.2. The third kappa shape index (κ3) is 1.98. The maximum Gasteiger partial charge on any atom is 0.0747 e. The zero-order chi connectivity index (χ0) is 15.0. The summed E-state index contributed by atoms with van der Waals surface area (Å²) >= 11 is 0. The fourth-order valence-electron chi connectivity index (χ4n) is 4.07. The van der Waals surface area contributed by atoms with Crippen LogP contribution in [0, 0.1) is 11.3 Å². The second kappa shape index (κ2) is 5.28. The Morgan fingerprint density at radius 2 is 2.14 bits per heavy atom.